The largest absolute Gasteiger partial charge is 0.463 e. The number of rotatable bonds is 6. The molecule has 0 atom stereocenters. The summed E-state index contributed by atoms with van der Waals surface area (Å²) >= 11 is 1.54. The van der Waals surface area contributed by atoms with E-state index in [1.165, 1.54) is 0 Å². The Kier molecular flexibility index (Phi) is 5.38. The lowest BCUT2D eigenvalue weighted by molar-refractivity contribution is -0.146. The van der Waals surface area contributed by atoms with Gasteiger partial charge in [0, 0.05) is 17.6 Å². The molecular formula is C11H18N2O2S. The molecule has 0 spiro atoms. The summed E-state index contributed by atoms with van der Waals surface area (Å²) < 4.78 is 5.03. The number of H-pyrrole nitrogens is 1. The second-order valence-corrected chi connectivity index (χ2v) is 4.79. The number of ether oxygens (including phenoxy) is 1. The summed E-state index contributed by atoms with van der Waals surface area (Å²) in [5.41, 5.74) is 1.12. The van der Waals surface area contributed by atoms with Crippen LogP contribution in [0.3, 0.4) is 0 Å². The predicted molar refractivity (Wildman–Crippen MR) is 64.5 cm³/mol. The highest BCUT2D eigenvalue weighted by molar-refractivity contribution is 7.99. The van der Waals surface area contributed by atoms with Crippen LogP contribution in [0, 0.1) is 0 Å². The minimum Gasteiger partial charge on any atom is -0.463 e. The molecule has 0 aliphatic rings. The fourth-order valence-electron chi connectivity index (χ4n) is 1.14. The fourth-order valence-corrected chi connectivity index (χ4v) is 1.94. The van der Waals surface area contributed by atoms with Crippen LogP contribution in [-0.4, -0.2) is 27.8 Å². The smallest absolute Gasteiger partial charge is 0.306 e. The van der Waals surface area contributed by atoms with Crippen LogP contribution >= 0.6 is 11.8 Å². The molecule has 16 heavy (non-hydrogen) atoms. The minimum absolute atomic E-state index is 0.0344. The van der Waals surface area contributed by atoms with Crippen LogP contribution in [0.1, 0.15) is 32.9 Å². The van der Waals surface area contributed by atoms with E-state index in [4.69, 9.17) is 4.74 Å². The molecule has 0 aliphatic carbocycles. The molecule has 0 aromatic carbocycles. The number of thioether (sulfide) groups is 1. The Morgan fingerprint density at radius 1 is 1.62 bits per heavy atom. The lowest BCUT2D eigenvalue weighted by atomic mass is 10.4. The van der Waals surface area contributed by atoms with Crippen LogP contribution in [0.4, 0.5) is 0 Å². The molecule has 0 bridgehead atoms. The van der Waals surface area contributed by atoms with Gasteiger partial charge in [-0.25, -0.2) is 4.98 Å². The zero-order valence-electron chi connectivity index (χ0n) is 9.95. The quantitative estimate of drug-likeness (QED) is 0.615. The highest BCUT2D eigenvalue weighted by Crippen LogP contribution is 2.15. The second-order valence-electron chi connectivity index (χ2n) is 3.70. The molecule has 1 rings (SSSR count). The van der Waals surface area contributed by atoms with Gasteiger partial charge in [-0.15, -0.1) is 0 Å². The van der Waals surface area contributed by atoms with E-state index in [0.29, 0.717) is 12.2 Å². The number of hydrogen-bond acceptors (Lipinski definition) is 4. The minimum atomic E-state index is -0.148. The second kappa shape index (κ2) is 6.58. The Bertz CT molecular complexity index is 336. The SMILES string of the molecule is CCc1cnc(SCCC(=O)OC(C)C)[nH]1. The number of hydrogen-bond donors (Lipinski definition) is 1. The third-order valence-electron chi connectivity index (χ3n) is 1.90. The van der Waals surface area contributed by atoms with Crippen molar-refractivity contribution in [1.29, 1.82) is 0 Å². The van der Waals surface area contributed by atoms with Gasteiger partial charge in [0.1, 0.15) is 0 Å². The maximum Gasteiger partial charge on any atom is 0.306 e. The van der Waals surface area contributed by atoms with E-state index in [0.717, 1.165) is 17.3 Å². The van der Waals surface area contributed by atoms with Gasteiger partial charge in [-0.1, -0.05) is 18.7 Å². The monoisotopic (exact) mass is 242 g/mol. The van der Waals surface area contributed by atoms with E-state index >= 15 is 0 Å². The number of aromatic nitrogens is 2. The summed E-state index contributed by atoms with van der Waals surface area (Å²) in [5, 5.41) is 0.870. The van der Waals surface area contributed by atoms with Crippen LogP contribution in [-0.2, 0) is 16.0 Å². The fraction of sp³-hybridized carbons (Fsp3) is 0.636. The number of esters is 1. The van der Waals surface area contributed by atoms with Crippen LogP contribution < -0.4 is 0 Å². The molecule has 0 radical (unpaired) electrons. The van der Waals surface area contributed by atoms with Crippen molar-refractivity contribution < 1.29 is 9.53 Å². The van der Waals surface area contributed by atoms with Crippen molar-refractivity contribution >= 4 is 17.7 Å². The van der Waals surface area contributed by atoms with E-state index in [2.05, 4.69) is 16.9 Å². The molecule has 1 N–H and O–H groups in total. The van der Waals surface area contributed by atoms with Crippen molar-refractivity contribution in [2.75, 3.05) is 5.75 Å². The predicted octanol–water partition coefficient (Wildman–Crippen LogP) is 2.41. The highest BCUT2D eigenvalue weighted by Gasteiger charge is 2.06. The summed E-state index contributed by atoms with van der Waals surface area (Å²) in [4.78, 5) is 18.6. The molecule has 4 nitrogen and oxygen atoms in total. The molecule has 0 amide bonds. The molecule has 90 valence electrons. The maximum atomic E-state index is 11.2. The van der Waals surface area contributed by atoms with E-state index in [-0.39, 0.29) is 12.1 Å². The van der Waals surface area contributed by atoms with E-state index < -0.39 is 0 Å². The van der Waals surface area contributed by atoms with Crippen LogP contribution in [0.2, 0.25) is 0 Å². The van der Waals surface area contributed by atoms with Gasteiger partial charge < -0.3 is 9.72 Å². The van der Waals surface area contributed by atoms with E-state index in [9.17, 15) is 4.79 Å². The Balaban J connectivity index is 2.22. The van der Waals surface area contributed by atoms with Gasteiger partial charge in [0.25, 0.3) is 0 Å². The lowest BCUT2D eigenvalue weighted by Gasteiger charge is -2.06. The number of carbonyl (C=O) groups excluding carboxylic acids is 1. The molecule has 1 aromatic rings. The van der Waals surface area contributed by atoms with Crippen LogP contribution in [0.15, 0.2) is 11.4 Å². The summed E-state index contributed by atoms with van der Waals surface area (Å²) in [5.74, 6) is 0.548. The summed E-state index contributed by atoms with van der Waals surface area (Å²) in [7, 11) is 0. The van der Waals surface area contributed by atoms with Crippen molar-refractivity contribution in [1.82, 2.24) is 9.97 Å². The van der Waals surface area contributed by atoms with Crippen molar-refractivity contribution in [2.45, 2.75) is 44.9 Å². The Morgan fingerprint density at radius 3 is 2.94 bits per heavy atom. The molecule has 0 saturated heterocycles. The van der Waals surface area contributed by atoms with Crippen molar-refractivity contribution in [2.24, 2.45) is 0 Å². The van der Waals surface area contributed by atoms with Gasteiger partial charge in [0.2, 0.25) is 0 Å². The number of aromatic amines is 1. The molecule has 0 aliphatic heterocycles. The van der Waals surface area contributed by atoms with Crippen LogP contribution in [0.5, 0.6) is 0 Å². The first-order chi connectivity index (χ1) is 7.61. The molecule has 0 unspecified atom stereocenters. The molecular weight excluding hydrogens is 224 g/mol. The van der Waals surface area contributed by atoms with Gasteiger partial charge in [0.15, 0.2) is 5.16 Å². The van der Waals surface area contributed by atoms with Crippen molar-refractivity contribution in [3.8, 4) is 0 Å². The number of imidazole rings is 1. The number of nitrogens with one attached hydrogen (secondary N) is 1. The van der Waals surface area contributed by atoms with Gasteiger partial charge in [-0.2, -0.15) is 0 Å². The molecule has 1 heterocycles. The lowest BCUT2D eigenvalue weighted by Crippen LogP contribution is -2.11. The first-order valence-corrected chi connectivity index (χ1v) is 6.46. The van der Waals surface area contributed by atoms with Gasteiger partial charge >= 0.3 is 5.97 Å². The normalized spacial score (nSPS) is 10.8. The molecule has 0 fully saturated rings. The molecule has 1 aromatic heterocycles. The summed E-state index contributed by atoms with van der Waals surface area (Å²) in [6, 6.07) is 0. The topological polar surface area (TPSA) is 55.0 Å². The first kappa shape index (κ1) is 13.1. The highest BCUT2D eigenvalue weighted by atomic mass is 32.2. The Labute approximate surface area is 100 Å². The zero-order valence-corrected chi connectivity index (χ0v) is 10.8. The molecule has 5 heteroatoms. The van der Waals surface area contributed by atoms with Gasteiger partial charge in [-0.05, 0) is 20.3 Å². The van der Waals surface area contributed by atoms with Crippen molar-refractivity contribution in [3.63, 3.8) is 0 Å². The zero-order chi connectivity index (χ0) is 12.0. The average Bonchev–Trinajstić information content (AvgIpc) is 2.64. The van der Waals surface area contributed by atoms with E-state index in [1.54, 1.807) is 11.8 Å². The van der Waals surface area contributed by atoms with Gasteiger partial charge in [0.05, 0.1) is 12.5 Å². The van der Waals surface area contributed by atoms with Gasteiger partial charge in [-0.3, -0.25) is 4.79 Å². The number of carbonyl (C=O) groups is 1. The standard InChI is InChI=1S/C11H18N2O2S/c1-4-9-7-12-11(13-9)16-6-5-10(14)15-8(2)3/h7-8H,4-6H2,1-3H3,(H,12,13). The average molecular weight is 242 g/mol. The number of nitrogens with zero attached hydrogens (tertiary/aromatic N) is 1. The number of aryl methyl sites for hydroxylation is 1. The summed E-state index contributed by atoms with van der Waals surface area (Å²) in [6.45, 7) is 5.78. The molecule has 0 saturated carbocycles. The van der Waals surface area contributed by atoms with E-state index in [1.807, 2.05) is 20.0 Å². The van der Waals surface area contributed by atoms with Crippen molar-refractivity contribution in [3.05, 3.63) is 11.9 Å². The first-order valence-electron chi connectivity index (χ1n) is 5.48. The third kappa shape index (κ3) is 4.70. The third-order valence-corrected chi connectivity index (χ3v) is 2.79. The van der Waals surface area contributed by atoms with Crippen LogP contribution in [0.25, 0.3) is 0 Å². The maximum absolute atomic E-state index is 11.2. The Hall–Kier alpha value is -0.970. The Morgan fingerprint density at radius 2 is 2.38 bits per heavy atom. The summed E-state index contributed by atoms with van der Waals surface area (Å²) in [6.07, 6.45) is 3.16.